The Morgan fingerprint density at radius 1 is 1.73 bits per heavy atom. The van der Waals surface area contributed by atoms with Gasteiger partial charge in [-0.2, -0.15) is 0 Å². The summed E-state index contributed by atoms with van der Waals surface area (Å²) in [4.78, 5) is 21.9. The van der Waals surface area contributed by atoms with E-state index in [4.69, 9.17) is 0 Å². The average Bonchev–Trinajstić information content (AvgIpc) is 2.79. The highest BCUT2D eigenvalue weighted by Gasteiger charge is 2.66. The van der Waals surface area contributed by atoms with Crippen molar-refractivity contribution in [2.24, 2.45) is 5.41 Å². The van der Waals surface area contributed by atoms with Gasteiger partial charge in [-0.25, -0.2) is 4.79 Å². The predicted molar refractivity (Wildman–Crippen MR) is 35.6 cm³/mol. The molecular formula is C7H9NO3. The van der Waals surface area contributed by atoms with E-state index in [-0.39, 0.29) is 23.3 Å². The number of hydrogen-bond acceptors (Lipinski definition) is 3. The summed E-state index contributed by atoms with van der Waals surface area (Å²) in [6.45, 7) is 0. The Labute approximate surface area is 63.9 Å². The van der Waals surface area contributed by atoms with Crippen LogP contribution in [0.3, 0.4) is 0 Å². The van der Waals surface area contributed by atoms with E-state index in [0.29, 0.717) is 0 Å². The van der Waals surface area contributed by atoms with Crippen LogP contribution < -0.4 is 5.32 Å². The first-order chi connectivity index (χ1) is 5.20. The Morgan fingerprint density at radius 2 is 2.36 bits per heavy atom. The summed E-state index contributed by atoms with van der Waals surface area (Å²) < 4.78 is 4.52. The van der Waals surface area contributed by atoms with Crippen LogP contribution in [0.4, 0.5) is 0 Å². The van der Waals surface area contributed by atoms with Gasteiger partial charge in [0.1, 0.15) is 6.04 Å². The van der Waals surface area contributed by atoms with E-state index in [0.717, 1.165) is 12.8 Å². The summed E-state index contributed by atoms with van der Waals surface area (Å²) in [5, 5.41) is 2.53. The molecule has 60 valence electrons. The summed E-state index contributed by atoms with van der Waals surface area (Å²) in [5.41, 5.74) is -0.354. The molecule has 1 aliphatic heterocycles. The molecule has 1 N–H and O–H groups in total. The summed E-state index contributed by atoms with van der Waals surface area (Å²) in [6.07, 6.45) is 1.66. The lowest BCUT2D eigenvalue weighted by Gasteiger charge is -2.34. The molecule has 4 nitrogen and oxygen atoms in total. The third-order valence-electron chi connectivity index (χ3n) is 2.51. The molecule has 4 heteroatoms. The zero-order valence-electron chi connectivity index (χ0n) is 6.22. The topological polar surface area (TPSA) is 55.4 Å². The Kier molecular flexibility index (Phi) is 1.06. The summed E-state index contributed by atoms with van der Waals surface area (Å²) in [7, 11) is 1.34. The largest absolute Gasteiger partial charge is 0.467 e. The Morgan fingerprint density at radius 3 is 2.73 bits per heavy atom. The van der Waals surface area contributed by atoms with E-state index in [2.05, 4.69) is 10.1 Å². The quantitative estimate of drug-likeness (QED) is 0.408. The van der Waals surface area contributed by atoms with Crippen LogP contribution in [0.1, 0.15) is 12.8 Å². The summed E-state index contributed by atoms with van der Waals surface area (Å²) in [5.74, 6) is -0.310. The molecule has 2 fully saturated rings. The van der Waals surface area contributed by atoms with Crippen molar-refractivity contribution in [1.29, 1.82) is 0 Å². The standard InChI is InChI=1S/C7H9NO3/c1-11-5(9)4-7(2-3-7)6(10)8-4/h4H,2-3H2,1H3,(H,8,10). The van der Waals surface area contributed by atoms with E-state index in [1.54, 1.807) is 0 Å². The van der Waals surface area contributed by atoms with Crippen molar-refractivity contribution in [3.63, 3.8) is 0 Å². The molecule has 1 heterocycles. The maximum atomic E-state index is 11.0. The fraction of sp³-hybridized carbons (Fsp3) is 0.714. The van der Waals surface area contributed by atoms with Crippen molar-refractivity contribution < 1.29 is 14.3 Å². The lowest BCUT2D eigenvalue weighted by molar-refractivity contribution is -0.157. The molecule has 2 aliphatic rings. The minimum absolute atomic E-state index is 0.00731. The van der Waals surface area contributed by atoms with Crippen LogP contribution in [0, 0.1) is 5.41 Å². The van der Waals surface area contributed by atoms with E-state index in [9.17, 15) is 9.59 Å². The molecule has 0 aromatic rings. The van der Waals surface area contributed by atoms with Gasteiger partial charge < -0.3 is 10.1 Å². The Bertz CT molecular complexity index is 232. The molecule has 2 rings (SSSR count). The average molecular weight is 155 g/mol. The number of esters is 1. The van der Waals surface area contributed by atoms with Crippen LogP contribution in [-0.4, -0.2) is 25.0 Å². The van der Waals surface area contributed by atoms with Gasteiger partial charge in [-0.1, -0.05) is 0 Å². The second kappa shape index (κ2) is 1.75. The number of carbonyl (C=O) groups excluding carboxylic acids is 2. The predicted octanol–water partition coefficient (Wildman–Crippen LogP) is -0.562. The monoisotopic (exact) mass is 155 g/mol. The van der Waals surface area contributed by atoms with Gasteiger partial charge in [0.2, 0.25) is 5.91 Å². The van der Waals surface area contributed by atoms with Crippen molar-refractivity contribution in [1.82, 2.24) is 5.32 Å². The van der Waals surface area contributed by atoms with Crippen LogP contribution >= 0.6 is 0 Å². The van der Waals surface area contributed by atoms with Gasteiger partial charge >= 0.3 is 5.97 Å². The second-order valence-electron chi connectivity index (χ2n) is 3.09. The maximum Gasteiger partial charge on any atom is 0.329 e. The minimum Gasteiger partial charge on any atom is -0.467 e. The van der Waals surface area contributed by atoms with Crippen molar-refractivity contribution in [2.45, 2.75) is 18.9 Å². The molecule has 1 saturated heterocycles. The highest BCUT2D eigenvalue weighted by atomic mass is 16.5. The third kappa shape index (κ3) is 0.640. The van der Waals surface area contributed by atoms with E-state index in [1.807, 2.05) is 0 Å². The summed E-state index contributed by atoms with van der Waals surface area (Å²) in [6, 6.07) is -0.361. The minimum atomic E-state index is -0.361. The fourth-order valence-electron chi connectivity index (χ4n) is 1.52. The molecule has 0 radical (unpaired) electrons. The van der Waals surface area contributed by atoms with Crippen LogP contribution in [0.2, 0.25) is 0 Å². The molecule has 1 atom stereocenters. The van der Waals surface area contributed by atoms with Gasteiger partial charge in [-0.05, 0) is 12.8 Å². The van der Waals surface area contributed by atoms with E-state index in [1.165, 1.54) is 7.11 Å². The van der Waals surface area contributed by atoms with Crippen LogP contribution in [-0.2, 0) is 14.3 Å². The SMILES string of the molecule is COC(=O)C1NC(=O)C12CC2. The van der Waals surface area contributed by atoms with Crippen LogP contribution in [0.15, 0.2) is 0 Å². The molecule has 0 bridgehead atoms. The smallest absolute Gasteiger partial charge is 0.329 e. The van der Waals surface area contributed by atoms with Gasteiger partial charge in [-0.15, -0.1) is 0 Å². The van der Waals surface area contributed by atoms with Crippen molar-refractivity contribution in [3.05, 3.63) is 0 Å². The zero-order chi connectivity index (χ0) is 8.06. The number of rotatable bonds is 1. The van der Waals surface area contributed by atoms with Gasteiger partial charge in [0.05, 0.1) is 12.5 Å². The van der Waals surface area contributed by atoms with Crippen molar-refractivity contribution in [2.75, 3.05) is 7.11 Å². The van der Waals surface area contributed by atoms with Crippen molar-refractivity contribution >= 4 is 11.9 Å². The van der Waals surface area contributed by atoms with Crippen LogP contribution in [0.5, 0.6) is 0 Å². The first-order valence-electron chi connectivity index (χ1n) is 3.59. The van der Waals surface area contributed by atoms with Gasteiger partial charge in [0, 0.05) is 0 Å². The molecule has 1 unspecified atom stereocenters. The van der Waals surface area contributed by atoms with Gasteiger partial charge in [0.15, 0.2) is 0 Å². The van der Waals surface area contributed by atoms with E-state index >= 15 is 0 Å². The summed E-state index contributed by atoms with van der Waals surface area (Å²) >= 11 is 0. The Balaban J connectivity index is 2.09. The molecule has 0 aromatic heterocycles. The number of nitrogens with one attached hydrogen (secondary N) is 1. The number of methoxy groups -OCH3 is 1. The van der Waals surface area contributed by atoms with Gasteiger partial charge in [0.25, 0.3) is 0 Å². The maximum absolute atomic E-state index is 11.0. The Hall–Kier alpha value is -1.06. The zero-order valence-corrected chi connectivity index (χ0v) is 6.22. The number of carbonyl (C=O) groups is 2. The first kappa shape index (κ1) is 6.64. The second-order valence-corrected chi connectivity index (χ2v) is 3.09. The highest BCUT2D eigenvalue weighted by Crippen LogP contribution is 2.54. The molecule has 0 aromatic carbocycles. The lowest BCUT2D eigenvalue weighted by atomic mass is 9.87. The molecule has 1 saturated carbocycles. The normalized spacial score (nSPS) is 30.6. The molecule has 1 spiro atoms. The molecular weight excluding hydrogens is 146 g/mol. The molecule has 11 heavy (non-hydrogen) atoms. The van der Waals surface area contributed by atoms with Crippen LogP contribution in [0.25, 0.3) is 0 Å². The van der Waals surface area contributed by atoms with Gasteiger partial charge in [-0.3, -0.25) is 4.79 Å². The fourth-order valence-corrected chi connectivity index (χ4v) is 1.52. The lowest BCUT2D eigenvalue weighted by Crippen LogP contribution is -2.64. The highest BCUT2D eigenvalue weighted by molar-refractivity contribution is 6.02. The number of amides is 1. The third-order valence-corrected chi connectivity index (χ3v) is 2.51. The molecule has 1 aliphatic carbocycles. The van der Waals surface area contributed by atoms with E-state index < -0.39 is 0 Å². The number of hydrogen-bond donors (Lipinski definition) is 1. The van der Waals surface area contributed by atoms with Crippen molar-refractivity contribution in [3.8, 4) is 0 Å². The molecule has 1 amide bonds. The number of β-lactam (4-membered cyclic amide) rings is 1. The number of ether oxygens (including phenoxy) is 1. The first-order valence-corrected chi connectivity index (χ1v) is 3.59.